The molecule has 9 heteroatoms. The van der Waals surface area contributed by atoms with Crippen molar-refractivity contribution >= 4 is 43.7 Å². The van der Waals surface area contributed by atoms with Crippen LogP contribution in [0.25, 0.3) is 31.4 Å². The Morgan fingerprint density at radius 2 is 1.52 bits per heavy atom. The Balaban J connectivity index is 1.29. The second-order valence-electron chi connectivity index (χ2n) is 13.4. The van der Waals surface area contributed by atoms with E-state index in [2.05, 4.69) is 41.4 Å². The summed E-state index contributed by atoms with van der Waals surface area (Å²) in [5.41, 5.74) is 2.09. The van der Waals surface area contributed by atoms with E-state index in [4.69, 9.17) is 14.5 Å². The molecule has 2 aromatic heterocycles. The molecule has 4 aromatic rings. The molecule has 0 radical (unpaired) electrons. The van der Waals surface area contributed by atoms with Crippen molar-refractivity contribution in [3.8, 4) is 11.3 Å². The highest BCUT2D eigenvalue weighted by Gasteiger charge is 2.36. The highest BCUT2D eigenvalue weighted by molar-refractivity contribution is 7.25. The quantitative estimate of drug-likeness (QED) is 0.259. The van der Waals surface area contributed by atoms with E-state index in [9.17, 15) is 9.59 Å². The summed E-state index contributed by atoms with van der Waals surface area (Å²) in [4.78, 5) is 37.8. The van der Waals surface area contributed by atoms with Crippen LogP contribution < -0.4 is 0 Å². The molecule has 4 heterocycles. The Labute approximate surface area is 251 Å². The van der Waals surface area contributed by atoms with Gasteiger partial charge in [-0.3, -0.25) is 4.90 Å². The van der Waals surface area contributed by atoms with E-state index < -0.39 is 11.2 Å². The molecule has 222 valence electrons. The third-order valence-corrected chi connectivity index (χ3v) is 8.99. The summed E-state index contributed by atoms with van der Waals surface area (Å²) in [5, 5.41) is 2.41. The van der Waals surface area contributed by atoms with Gasteiger partial charge < -0.3 is 19.4 Å². The fourth-order valence-corrected chi connectivity index (χ4v) is 7.35. The predicted molar refractivity (Wildman–Crippen MR) is 167 cm³/mol. The number of aromatic amines is 1. The van der Waals surface area contributed by atoms with Crippen molar-refractivity contribution in [1.82, 2.24) is 19.8 Å². The molecule has 42 heavy (non-hydrogen) atoms. The number of nitrogens with one attached hydrogen (secondary N) is 1. The molecule has 2 amide bonds. The second-order valence-corrected chi connectivity index (χ2v) is 14.5. The normalized spacial score (nSPS) is 19.7. The van der Waals surface area contributed by atoms with Gasteiger partial charge in [-0.2, -0.15) is 0 Å². The number of carbonyl (C=O) groups is 2. The Morgan fingerprint density at radius 1 is 0.881 bits per heavy atom. The zero-order valence-electron chi connectivity index (χ0n) is 25.3. The van der Waals surface area contributed by atoms with E-state index in [-0.39, 0.29) is 24.3 Å². The minimum Gasteiger partial charge on any atom is -0.444 e. The number of rotatable bonds is 3. The third kappa shape index (κ3) is 5.59. The average molecular weight is 589 g/mol. The van der Waals surface area contributed by atoms with E-state index >= 15 is 0 Å². The number of hydrogen-bond donors (Lipinski definition) is 1. The summed E-state index contributed by atoms with van der Waals surface area (Å²) in [7, 11) is 0. The molecule has 6 rings (SSSR count). The average Bonchev–Trinajstić information content (AvgIpc) is 3.70. The molecule has 0 aliphatic carbocycles. The Kier molecular flexibility index (Phi) is 7.20. The summed E-state index contributed by atoms with van der Waals surface area (Å²) in [5.74, 6) is 0.788. The lowest BCUT2D eigenvalue weighted by atomic mass is 9.98. The lowest BCUT2D eigenvalue weighted by Crippen LogP contribution is -2.36. The van der Waals surface area contributed by atoms with Gasteiger partial charge in [-0.25, -0.2) is 14.6 Å². The topological polar surface area (TPSA) is 87.8 Å². The Morgan fingerprint density at radius 3 is 2.19 bits per heavy atom. The lowest BCUT2D eigenvalue weighted by Gasteiger charge is -2.29. The molecule has 2 atom stereocenters. The first kappa shape index (κ1) is 28.5. The standard InChI is InChI=1S/C33H40N4O4S/c1-32(2,3)40-30(38)36-16-8-11-24(36)21-10-7-13-26-28(21)22-15-14-20(18-27(22)42-26)23-19-34-29(35-23)25-12-9-17-37(25)31(39)41-33(4,5)6/h7,10,13-15,18-19,24-25H,8-9,11-12,16-17H2,1-6H3,(H,34,35). The molecule has 2 aromatic carbocycles. The lowest BCUT2D eigenvalue weighted by molar-refractivity contribution is 0.0211. The first-order valence-electron chi connectivity index (χ1n) is 14.9. The number of fused-ring (bicyclic) bond motifs is 3. The minimum atomic E-state index is -0.538. The zero-order valence-corrected chi connectivity index (χ0v) is 26.1. The van der Waals surface area contributed by atoms with Crippen LogP contribution in [0.2, 0.25) is 0 Å². The number of amides is 2. The van der Waals surface area contributed by atoms with Crippen LogP contribution in [-0.2, 0) is 9.47 Å². The number of ether oxygens (including phenoxy) is 2. The maximum Gasteiger partial charge on any atom is 0.410 e. The fraction of sp³-hybridized carbons (Fsp3) is 0.485. The van der Waals surface area contributed by atoms with E-state index in [1.54, 1.807) is 16.2 Å². The van der Waals surface area contributed by atoms with Gasteiger partial charge in [0.15, 0.2) is 0 Å². The number of H-pyrrole nitrogens is 1. The van der Waals surface area contributed by atoms with Crippen LogP contribution in [0.15, 0.2) is 42.6 Å². The van der Waals surface area contributed by atoms with Crippen molar-refractivity contribution in [3.63, 3.8) is 0 Å². The molecule has 0 bridgehead atoms. The molecule has 2 fully saturated rings. The number of hydrogen-bond acceptors (Lipinski definition) is 6. The van der Waals surface area contributed by atoms with Crippen molar-refractivity contribution in [2.45, 2.75) is 90.5 Å². The van der Waals surface area contributed by atoms with Crippen molar-refractivity contribution in [3.05, 3.63) is 54.0 Å². The number of imidazole rings is 1. The van der Waals surface area contributed by atoms with Crippen molar-refractivity contribution in [2.24, 2.45) is 0 Å². The summed E-state index contributed by atoms with van der Waals surface area (Å²) in [6.45, 7) is 12.8. The number of carbonyl (C=O) groups excluding carboxylic acids is 2. The van der Waals surface area contributed by atoms with E-state index in [1.165, 1.54) is 25.7 Å². The first-order chi connectivity index (χ1) is 19.9. The molecule has 1 N–H and O–H groups in total. The molecule has 2 aliphatic heterocycles. The molecule has 8 nitrogen and oxygen atoms in total. The van der Waals surface area contributed by atoms with Gasteiger partial charge in [-0.15, -0.1) is 11.3 Å². The van der Waals surface area contributed by atoms with Crippen LogP contribution in [0.5, 0.6) is 0 Å². The molecule has 0 spiro atoms. The van der Waals surface area contributed by atoms with Gasteiger partial charge in [0.1, 0.15) is 17.0 Å². The van der Waals surface area contributed by atoms with E-state index in [0.717, 1.165) is 42.8 Å². The molecule has 2 aliphatic rings. The van der Waals surface area contributed by atoms with Crippen LogP contribution in [0.4, 0.5) is 9.59 Å². The van der Waals surface area contributed by atoms with Crippen molar-refractivity contribution in [2.75, 3.05) is 13.1 Å². The zero-order chi connectivity index (χ0) is 29.8. The summed E-state index contributed by atoms with van der Waals surface area (Å²) in [6, 6.07) is 12.8. The monoisotopic (exact) mass is 588 g/mol. The van der Waals surface area contributed by atoms with Gasteiger partial charge in [-0.05, 0) is 84.9 Å². The number of likely N-dealkylation sites (tertiary alicyclic amines) is 2. The van der Waals surface area contributed by atoms with Crippen LogP contribution >= 0.6 is 11.3 Å². The fourth-order valence-electron chi connectivity index (χ4n) is 6.17. The molecular weight excluding hydrogens is 548 g/mol. The number of thiophene rings is 1. The van der Waals surface area contributed by atoms with Gasteiger partial charge >= 0.3 is 12.2 Å². The summed E-state index contributed by atoms with van der Waals surface area (Å²) in [6.07, 6.45) is 4.98. The maximum absolute atomic E-state index is 13.1. The third-order valence-electron chi connectivity index (χ3n) is 7.87. The largest absolute Gasteiger partial charge is 0.444 e. The molecule has 0 saturated carbocycles. The van der Waals surface area contributed by atoms with Gasteiger partial charge in [0.2, 0.25) is 0 Å². The summed E-state index contributed by atoms with van der Waals surface area (Å²) < 4.78 is 13.8. The number of benzene rings is 2. The summed E-state index contributed by atoms with van der Waals surface area (Å²) >= 11 is 1.77. The molecule has 2 unspecified atom stereocenters. The van der Waals surface area contributed by atoms with Crippen LogP contribution in [-0.4, -0.2) is 56.2 Å². The Bertz CT molecular complexity index is 1640. The highest BCUT2D eigenvalue weighted by atomic mass is 32.1. The molecule has 2 saturated heterocycles. The van der Waals surface area contributed by atoms with Gasteiger partial charge in [0.05, 0.1) is 24.0 Å². The number of nitrogens with zero attached hydrogens (tertiary/aromatic N) is 3. The smallest absolute Gasteiger partial charge is 0.410 e. The SMILES string of the molecule is CC(C)(C)OC(=O)N1CCCC1c1ncc(-c2ccc3c(c2)sc2cccc(C4CCCN4C(=O)OC(C)(C)C)c23)[nH]1. The molecular formula is C33H40N4O4S. The van der Waals surface area contributed by atoms with Crippen molar-refractivity contribution in [1.29, 1.82) is 0 Å². The van der Waals surface area contributed by atoms with Crippen LogP contribution in [0.3, 0.4) is 0 Å². The van der Waals surface area contributed by atoms with E-state index in [0.29, 0.717) is 13.1 Å². The van der Waals surface area contributed by atoms with E-state index in [1.807, 2.05) is 52.6 Å². The van der Waals surface area contributed by atoms with Gasteiger partial charge in [0.25, 0.3) is 0 Å². The van der Waals surface area contributed by atoms with Gasteiger partial charge in [-0.1, -0.05) is 24.3 Å². The van der Waals surface area contributed by atoms with Crippen LogP contribution in [0, 0.1) is 0 Å². The number of aromatic nitrogens is 2. The second kappa shape index (κ2) is 10.6. The van der Waals surface area contributed by atoms with Crippen molar-refractivity contribution < 1.29 is 19.1 Å². The van der Waals surface area contributed by atoms with Crippen LogP contribution in [0.1, 0.15) is 90.7 Å². The highest BCUT2D eigenvalue weighted by Crippen LogP contribution is 2.44. The predicted octanol–water partition coefficient (Wildman–Crippen LogP) is 8.59. The minimum absolute atomic E-state index is 0.00415. The first-order valence-corrected chi connectivity index (χ1v) is 15.7. The maximum atomic E-state index is 13.1. The van der Waals surface area contributed by atoms with Gasteiger partial charge in [0, 0.05) is 38.8 Å². The Hall–Kier alpha value is -3.59.